The monoisotopic (exact) mass is 776 g/mol. The van der Waals surface area contributed by atoms with Gasteiger partial charge in [-0.1, -0.05) is 68.5 Å². The van der Waals surface area contributed by atoms with Crippen molar-refractivity contribution in [2.75, 3.05) is 0 Å². The van der Waals surface area contributed by atoms with E-state index < -0.39 is 6.85 Å². The quantitative estimate of drug-likeness (QED) is 0.164. The van der Waals surface area contributed by atoms with Crippen molar-refractivity contribution >= 4 is 43.4 Å². The SMILES string of the molecule is Cc1c[c-]c(-c2cc(C)c(C)cn2)cc1.[2H]C([2H])([2H])c1cnc(-c2[c-]ccc3c2oc2c3ccc3cc(C)sc32)cc1C(C)(C)C.[Ir]. The standard InChI is InChI=1S/C25H22NOS.C14H14N.Ir/c1-14-13-26-21(12-20(14)25(3,4)5)19-8-6-7-17-18-10-9-16-11-15(2)28-24(16)23(18)27-22(17)19;1-10-4-6-13(7-5-10)14-8-11(2)12(3)9-15-14;/h6-7,9-13H,1-5H3;4-6,8-9H,1-3H3;/q2*-1;/i1D3;;. The van der Waals surface area contributed by atoms with Crippen LogP contribution in [-0.2, 0) is 25.5 Å². The van der Waals surface area contributed by atoms with Crippen molar-refractivity contribution in [2.24, 2.45) is 0 Å². The zero-order chi connectivity index (χ0) is 33.0. The minimum absolute atomic E-state index is 0. The summed E-state index contributed by atoms with van der Waals surface area (Å²) in [5.41, 5.74) is 9.51. The molecule has 225 valence electrons. The molecular formula is C39H36IrN2OS-2. The maximum Gasteiger partial charge on any atom is 0.138 e. The summed E-state index contributed by atoms with van der Waals surface area (Å²) in [7, 11) is 0. The fraction of sp³-hybridized carbons (Fsp3) is 0.231. The van der Waals surface area contributed by atoms with Gasteiger partial charge in [0.15, 0.2) is 0 Å². The van der Waals surface area contributed by atoms with E-state index in [9.17, 15) is 0 Å². The first-order valence-electron chi connectivity index (χ1n) is 15.9. The minimum atomic E-state index is -2.22. The molecule has 0 aliphatic heterocycles. The van der Waals surface area contributed by atoms with Crippen LogP contribution in [0.4, 0.5) is 0 Å². The van der Waals surface area contributed by atoms with E-state index in [1.807, 2.05) is 51.2 Å². The third kappa shape index (κ3) is 6.15. The number of benzene rings is 3. The molecule has 0 amide bonds. The molecule has 3 nitrogen and oxygen atoms in total. The summed E-state index contributed by atoms with van der Waals surface area (Å²) in [6, 6.07) is 27.0. The van der Waals surface area contributed by atoms with Gasteiger partial charge < -0.3 is 14.4 Å². The molecule has 0 fully saturated rings. The second-order valence-electron chi connectivity index (χ2n) is 12.2. The van der Waals surface area contributed by atoms with Gasteiger partial charge >= 0.3 is 0 Å². The van der Waals surface area contributed by atoms with Crippen LogP contribution in [0.25, 0.3) is 54.5 Å². The Morgan fingerprint density at radius 3 is 2.25 bits per heavy atom. The number of aryl methyl sites for hydroxylation is 5. The third-order valence-corrected chi connectivity index (χ3v) is 8.86. The van der Waals surface area contributed by atoms with Gasteiger partial charge in [0.1, 0.15) is 5.58 Å². The second kappa shape index (κ2) is 12.4. The summed E-state index contributed by atoms with van der Waals surface area (Å²) in [5.74, 6) is 0. The summed E-state index contributed by atoms with van der Waals surface area (Å²) < 4.78 is 31.3. The summed E-state index contributed by atoms with van der Waals surface area (Å²) >= 11 is 1.73. The van der Waals surface area contributed by atoms with Crippen molar-refractivity contribution in [2.45, 2.75) is 60.7 Å². The van der Waals surface area contributed by atoms with Gasteiger partial charge in [0.05, 0.1) is 10.3 Å². The molecule has 44 heavy (non-hydrogen) atoms. The number of hydrogen-bond donors (Lipinski definition) is 0. The number of thiophene rings is 1. The predicted molar refractivity (Wildman–Crippen MR) is 182 cm³/mol. The molecule has 0 spiro atoms. The fourth-order valence-corrected chi connectivity index (χ4v) is 6.26. The fourth-order valence-electron chi connectivity index (χ4n) is 5.26. The minimum Gasteiger partial charge on any atom is -0.499 e. The molecule has 0 aliphatic rings. The van der Waals surface area contributed by atoms with Crippen molar-refractivity contribution in [3.8, 4) is 22.5 Å². The van der Waals surface area contributed by atoms with E-state index in [0.717, 1.165) is 49.0 Å². The largest absolute Gasteiger partial charge is 0.499 e. The first kappa shape index (κ1) is 27.9. The number of fused-ring (bicyclic) bond motifs is 5. The van der Waals surface area contributed by atoms with Crippen molar-refractivity contribution in [1.82, 2.24) is 9.97 Å². The zero-order valence-corrected chi connectivity index (χ0v) is 29.2. The molecular weight excluding hydrogens is 737 g/mol. The number of rotatable bonds is 2. The van der Waals surface area contributed by atoms with E-state index in [2.05, 4.69) is 86.2 Å². The van der Waals surface area contributed by atoms with E-state index >= 15 is 0 Å². The maximum atomic E-state index is 7.92. The number of aromatic nitrogens is 2. The predicted octanol–water partition coefficient (Wildman–Crippen LogP) is 11.0. The Kier molecular flexibility index (Phi) is 7.86. The van der Waals surface area contributed by atoms with E-state index in [1.54, 1.807) is 11.3 Å². The molecule has 5 heteroatoms. The number of nitrogens with zero attached hydrogens (tertiary/aromatic N) is 2. The topological polar surface area (TPSA) is 38.9 Å². The van der Waals surface area contributed by atoms with Gasteiger partial charge in [-0.3, -0.25) is 0 Å². The summed E-state index contributed by atoms with van der Waals surface area (Å²) in [6.07, 6.45) is 3.40. The van der Waals surface area contributed by atoms with Crippen molar-refractivity contribution in [3.05, 3.63) is 118 Å². The van der Waals surface area contributed by atoms with Crippen LogP contribution in [0.3, 0.4) is 0 Å². The van der Waals surface area contributed by atoms with Gasteiger partial charge in [-0.25, -0.2) is 0 Å². The van der Waals surface area contributed by atoms with Gasteiger partial charge in [-0.2, -0.15) is 0 Å². The molecule has 7 aromatic rings. The van der Waals surface area contributed by atoms with E-state index in [1.165, 1.54) is 33.2 Å². The molecule has 0 N–H and O–H groups in total. The van der Waals surface area contributed by atoms with Crippen molar-refractivity contribution in [1.29, 1.82) is 0 Å². The van der Waals surface area contributed by atoms with Crippen LogP contribution < -0.4 is 0 Å². The molecule has 3 aromatic carbocycles. The Balaban J connectivity index is 0.000000228. The molecule has 7 rings (SSSR count). The van der Waals surface area contributed by atoms with Crippen LogP contribution in [-0.4, -0.2) is 9.97 Å². The summed E-state index contributed by atoms with van der Waals surface area (Å²) in [6.45, 7) is 12.2. The van der Waals surface area contributed by atoms with Crippen LogP contribution in [0, 0.1) is 46.7 Å². The van der Waals surface area contributed by atoms with Crippen LogP contribution in [0.2, 0.25) is 0 Å². The normalized spacial score (nSPS) is 12.8. The van der Waals surface area contributed by atoms with Crippen LogP contribution in [0.5, 0.6) is 0 Å². The van der Waals surface area contributed by atoms with Crippen molar-refractivity contribution in [3.63, 3.8) is 0 Å². The average Bonchev–Trinajstić information content (AvgIpc) is 3.58. The maximum absolute atomic E-state index is 7.92. The Morgan fingerprint density at radius 1 is 0.795 bits per heavy atom. The Labute approximate surface area is 282 Å². The zero-order valence-electron chi connectivity index (χ0n) is 29.0. The first-order valence-corrected chi connectivity index (χ1v) is 15.2. The molecule has 0 bridgehead atoms. The van der Waals surface area contributed by atoms with Gasteiger partial charge in [0.2, 0.25) is 0 Å². The van der Waals surface area contributed by atoms with E-state index in [4.69, 9.17) is 8.53 Å². The molecule has 4 heterocycles. The summed E-state index contributed by atoms with van der Waals surface area (Å²) in [5, 5.41) is 3.25. The Bertz CT molecular complexity index is 2220. The number of furan rings is 1. The van der Waals surface area contributed by atoms with Crippen LogP contribution in [0.1, 0.15) is 57.6 Å². The van der Waals surface area contributed by atoms with Crippen LogP contribution >= 0.6 is 11.3 Å². The van der Waals surface area contributed by atoms with E-state index in [0.29, 0.717) is 5.69 Å². The molecule has 0 saturated carbocycles. The first-order chi connectivity index (χ1) is 21.7. The molecule has 0 atom stereocenters. The molecule has 0 saturated heterocycles. The van der Waals surface area contributed by atoms with Gasteiger partial charge in [-0.15, -0.1) is 64.9 Å². The third-order valence-electron chi connectivity index (χ3n) is 7.79. The van der Waals surface area contributed by atoms with E-state index in [-0.39, 0.29) is 31.1 Å². The van der Waals surface area contributed by atoms with Gasteiger partial charge in [0.25, 0.3) is 0 Å². The van der Waals surface area contributed by atoms with Crippen molar-refractivity contribution < 1.29 is 28.6 Å². The number of pyridine rings is 2. The summed E-state index contributed by atoms with van der Waals surface area (Å²) in [4.78, 5) is 10.2. The van der Waals surface area contributed by atoms with Gasteiger partial charge in [-0.05, 0) is 72.6 Å². The smallest absolute Gasteiger partial charge is 0.138 e. The Hall–Kier alpha value is -3.63. The second-order valence-corrected chi connectivity index (χ2v) is 13.5. The van der Waals surface area contributed by atoms with Gasteiger partial charge in [0, 0.05) is 46.9 Å². The average molecular weight is 776 g/mol. The molecule has 1 radical (unpaired) electrons. The molecule has 0 unspecified atom stereocenters. The molecule has 0 aliphatic carbocycles. The van der Waals surface area contributed by atoms with Crippen LogP contribution in [0.15, 0.2) is 77.5 Å². The number of hydrogen-bond acceptors (Lipinski definition) is 4. The molecule has 4 aromatic heterocycles. The Morgan fingerprint density at radius 2 is 1.55 bits per heavy atom.